The molecule has 1 N–H and O–H groups in total. The Kier molecular flexibility index (Phi) is 7.30. The number of hydrogen-bond donors (Lipinski definition) is 1. The summed E-state index contributed by atoms with van der Waals surface area (Å²) in [6.45, 7) is 2.92. The molecule has 4 heteroatoms. The molecular weight excluding hydrogens is 256 g/mol. The van der Waals surface area contributed by atoms with Gasteiger partial charge in [-0.15, -0.1) is 11.8 Å². The van der Waals surface area contributed by atoms with Crippen molar-refractivity contribution in [2.75, 3.05) is 31.7 Å². The summed E-state index contributed by atoms with van der Waals surface area (Å²) in [4.78, 5) is 14.9. The minimum Gasteiger partial charge on any atom is -0.321 e. The van der Waals surface area contributed by atoms with Crippen LogP contribution in [-0.4, -0.2) is 37.2 Å². The summed E-state index contributed by atoms with van der Waals surface area (Å²) in [5, 5.41) is 2.90. The number of allylic oxidation sites excluding steroid dienone is 1. The van der Waals surface area contributed by atoms with E-state index in [1.165, 1.54) is 6.08 Å². The van der Waals surface area contributed by atoms with Crippen molar-refractivity contribution in [2.24, 2.45) is 0 Å². The Balaban J connectivity index is 2.55. The van der Waals surface area contributed by atoms with Gasteiger partial charge in [0.1, 0.15) is 0 Å². The quantitative estimate of drug-likeness (QED) is 0.472. The Morgan fingerprint density at radius 2 is 2.11 bits per heavy atom. The Labute approximate surface area is 120 Å². The summed E-state index contributed by atoms with van der Waals surface area (Å²) in [6.07, 6.45) is 4.41. The smallest absolute Gasteiger partial charge is 0.248 e. The van der Waals surface area contributed by atoms with Gasteiger partial charge in [-0.3, -0.25) is 4.79 Å². The largest absolute Gasteiger partial charge is 0.321 e. The van der Waals surface area contributed by atoms with E-state index in [0.717, 1.165) is 29.3 Å². The van der Waals surface area contributed by atoms with Gasteiger partial charge >= 0.3 is 0 Å². The molecule has 1 rings (SSSR count). The zero-order valence-electron chi connectivity index (χ0n) is 11.8. The van der Waals surface area contributed by atoms with Crippen molar-refractivity contribution >= 4 is 23.4 Å². The predicted molar refractivity (Wildman–Crippen MR) is 83.8 cm³/mol. The highest BCUT2D eigenvalue weighted by molar-refractivity contribution is 7.99. The number of hydrogen-bond acceptors (Lipinski definition) is 3. The summed E-state index contributed by atoms with van der Waals surface area (Å²) in [6, 6.07) is 7.93. The van der Waals surface area contributed by atoms with Crippen molar-refractivity contribution in [2.45, 2.75) is 18.2 Å². The molecule has 0 heterocycles. The van der Waals surface area contributed by atoms with E-state index < -0.39 is 0 Å². The van der Waals surface area contributed by atoms with E-state index >= 15 is 0 Å². The first-order valence-electron chi connectivity index (χ1n) is 6.43. The topological polar surface area (TPSA) is 32.3 Å². The van der Waals surface area contributed by atoms with Gasteiger partial charge in [-0.1, -0.05) is 18.2 Å². The molecule has 0 radical (unpaired) electrons. The Morgan fingerprint density at radius 3 is 2.79 bits per heavy atom. The van der Waals surface area contributed by atoms with Crippen LogP contribution in [0.15, 0.2) is 41.3 Å². The highest BCUT2D eigenvalue weighted by Crippen LogP contribution is 2.27. The zero-order valence-corrected chi connectivity index (χ0v) is 12.7. The van der Waals surface area contributed by atoms with Crippen LogP contribution in [0.5, 0.6) is 0 Å². The number of thioether (sulfide) groups is 1. The molecule has 0 saturated carbocycles. The molecule has 1 amide bonds. The molecule has 0 unspecified atom stereocenters. The first kappa shape index (κ1) is 15.8. The molecule has 0 bridgehead atoms. The third-order valence-electron chi connectivity index (χ3n) is 2.47. The van der Waals surface area contributed by atoms with Crippen LogP contribution >= 0.6 is 11.8 Å². The fourth-order valence-electron chi connectivity index (χ4n) is 1.58. The van der Waals surface area contributed by atoms with Gasteiger partial charge in [-0.25, -0.2) is 0 Å². The van der Waals surface area contributed by atoms with Gasteiger partial charge in [-0.05, 0) is 57.9 Å². The molecular formula is C15H22N2OS. The SMILES string of the molecule is C/C=C/C(=O)Nc1ccccc1SCCCN(C)C. The second kappa shape index (κ2) is 8.77. The summed E-state index contributed by atoms with van der Waals surface area (Å²) in [5.74, 6) is 0.971. The summed E-state index contributed by atoms with van der Waals surface area (Å²) in [5.41, 5.74) is 0.889. The highest BCUT2D eigenvalue weighted by Gasteiger charge is 2.04. The summed E-state index contributed by atoms with van der Waals surface area (Å²) in [7, 11) is 4.16. The fraction of sp³-hybridized carbons (Fsp3) is 0.400. The number of carbonyl (C=O) groups is 1. The van der Waals surface area contributed by atoms with Crippen molar-refractivity contribution in [3.8, 4) is 0 Å². The highest BCUT2D eigenvalue weighted by atomic mass is 32.2. The number of carbonyl (C=O) groups excluding carboxylic acids is 1. The average Bonchev–Trinajstić information content (AvgIpc) is 2.36. The van der Waals surface area contributed by atoms with E-state index in [1.54, 1.807) is 17.8 Å². The maximum Gasteiger partial charge on any atom is 0.248 e. The van der Waals surface area contributed by atoms with Crippen molar-refractivity contribution in [3.63, 3.8) is 0 Å². The van der Waals surface area contributed by atoms with Crippen LogP contribution in [0.2, 0.25) is 0 Å². The average molecular weight is 278 g/mol. The monoisotopic (exact) mass is 278 g/mol. The maximum atomic E-state index is 11.6. The number of nitrogens with one attached hydrogen (secondary N) is 1. The number of para-hydroxylation sites is 1. The minimum atomic E-state index is -0.0798. The van der Waals surface area contributed by atoms with Gasteiger partial charge in [0, 0.05) is 4.90 Å². The standard InChI is InChI=1S/C15H22N2OS/c1-4-8-15(18)16-13-9-5-6-10-14(13)19-12-7-11-17(2)3/h4-6,8-10H,7,11-12H2,1-3H3,(H,16,18)/b8-4+. The molecule has 0 aliphatic heterocycles. The molecule has 0 aliphatic rings. The normalized spacial score (nSPS) is 11.2. The first-order valence-corrected chi connectivity index (χ1v) is 7.42. The van der Waals surface area contributed by atoms with Gasteiger partial charge in [0.2, 0.25) is 5.91 Å². The van der Waals surface area contributed by atoms with Crippen LogP contribution in [0.25, 0.3) is 0 Å². The number of nitrogens with zero attached hydrogens (tertiary/aromatic N) is 1. The van der Waals surface area contributed by atoms with Crippen molar-refractivity contribution < 1.29 is 4.79 Å². The van der Waals surface area contributed by atoms with Crippen molar-refractivity contribution in [3.05, 3.63) is 36.4 Å². The number of amides is 1. The van der Waals surface area contributed by atoms with Crippen LogP contribution in [0.3, 0.4) is 0 Å². The Morgan fingerprint density at radius 1 is 1.37 bits per heavy atom. The lowest BCUT2D eigenvalue weighted by molar-refractivity contribution is -0.111. The summed E-state index contributed by atoms with van der Waals surface area (Å²) >= 11 is 1.78. The molecule has 1 aromatic rings. The molecule has 104 valence electrons. The molecule has 3 nitrogen and oxygen atoms in total. The van der Waals surface area contributed by atoms with Crippen LogP contribution in [0.1, 0.15) is 13.3 Å². The number of rotatable bonds is 7. The van der Waals surface area contributed by atoms with E-state index in [-0.39, 0.29) is 5.91 Å². The minimum absolute atomic E-state index is 0.0798. The third-order valence-corrected chi connectivity index (χ3v) is 3.63. The van der Waals surface area contributed by atoms with Crippen LogP contribution in [0.4, 0.5) is 5.69 Å². The number of benzene rings is 1. The summed E-state index contributed by atoms with van der Waals surface area (Å²) < 4.78 is 0. The van der Waals surface area contributed by atoms with Crippen LogP contribution in [0, 0.1) is 0 Å². The lowest BCUT2D eigenvalue weighted by atomic mass is 10.3. The fourth-order valence-corrected chi connectivity index (χ4v) is 2.53. The molecule has 19 heavy (non-hydrogen) atoms. The van der Waals surface area contributed by atoms with E-state index in [0.29, 0.717) is 0 Å². The van der Waals surface area contributed by atoms with E-state index in [9.17, 15) is 4.79 Å². The maximum absolute atomic E-state index is 11.6. The zero-order chi connectivity index (χ0) is 14.1. The molecule has 0 aromatic heterocycles. The van der Waals surface area contributed by atoms with E-state index in [2.05, 4.69) is 24.3 Å². The Hall–Kier alpha value is -1.26. The van der Waals surface area contributed by atoms with Crippen molar-refractivity contribution in [1.29, 1.82) is 0 Å². The van der Waals surface area contributed by atoms with E-state index in [4.69, 9.17) is 0 Å². The van der Waals surface area contributed by atoms with Gasteiger partial charge < -0.3 is 10.2 Å². The molecule has 1 aromatic carbocycles. The van der Waals surface area contributed by atoms with Gasteiger partial charge in [0.25, 0.3) is 0 Å². The van der Waals surface area contributed by atoms with Gasteiger partial charge in [0.05, 0.1) is 5.69 Å². The molecule has 0 fully saturated rings. The Bertz CT molecular complexity index is 430. The molecule has 0 aliphatic carbocycles. The van der Waals surface area contributed by atoms with Gasteiger partial charge in [-0.2, -0.15) is 0 Å². The van der Waals surface area contributed by atoms with Gasteiger partial charge in [0.15, 0.2) is 0 Å². The lowest BCUT2D eigenvalue weighted by Gasteiger charge is -2.11. The van der Waals surface area contributed by atoms with Crippen LogP contribution in [-0.2, 0) is 4.79 Å². The predicted octanol–water partition coefficient (Wildman–Crippen LogP) is 3.25. The first-order chi connectivity index (χ1) is 9.13. The van der Waals surface area contributed by atoms with Crippen molar-refractivity contribution in [1.82, 2.24) is 4.90 Å². The van der Waals surface area contributed by atoms with E-state index in [1.807, 2.05) is 31.2 Å². The number of anilines is 1. The molecule has 0 saturated heterocycles. The second-order valence-electron chi connectivity index (χ2n) is 4.49. The second-order valence-corrected chi connectivity index (χ2v) is 5.63. The van der Waals surface area contributed by atoms with Crippen LogP contribution < -0.4 is 5.32 Å². The third kappa shape index (κ3) is 6.45. The molecule has 0 atom stereocenters. The lowest BCUT2D eigenvalue weighted by Crippen LogP contribution is -2.13. The molecule has 0 spiro atoms.